The molecule has 0 N–H and O–H groups in total. The molecule has 84 valence electrons. The molecular formula is C9H15F3OS. The standard InChI is InChI=1S/C9H15F3OS/c1-2-8(13)14-6-4-3-5-7(10)9(11)12/h7,9H,2-6H2,1H3. The summed E-state index contributed by atoms with van der Waals surface area (Å²) in [6, 6.07) is 0. The van der Waals surface area contributed by atoms with Gasteiger partial charge in [-0.1, -0.05) is 18.7 Å². The average molecular weight is 228 g/mol. The predicted molar refractivity (Wildman–Crippen MR) is 52.5 cm³/mol. The third-order valence-electron chi connectivity index (χ3n) is 1.70. The molecule has 0 saturated carbocycles. The minimum absolute atomic E-state index is 0.0932. The average Bonchev–Trinajstić information content (AvgIpc) is 2.16. The van der Waals surface area contributed by atoms with Crippen LogP contribution in [-0.4, -0.2) is 23.5 Å². The molecule has 5 heteroatoms. The second kappa shape index (κ2) is 8.15. The molecule has 0 fully saturated rings. The molecule has 14 heavy (non-hydrogen) atoms. The fraction of sp³-hybridized carbons (Fsp3) is 0.889. The summed E-state index contributed by atoms with van der Waals surface area (Å²) in [5, 5.41) is 0.0932. The highest BCUT2D eigenvalue weighted by atomic mass is 32.2. The van der Waals surface area contributed by atoms with E-state index in [-0.39, 0.29) is 11.5 Å². The lowest BCUT2D eigenvalue weighted by Gasteiger charge is -2.05. The maximum Gasteiger partial charge on any atom is 0.269 e. The molecule has 0 aromatic carbocycles. The van der Waals surface area contributed by atoms with Gasteiger partial charge in [0.1, 0.15) is 0 Å². The Morgan fingerprint density at radius 1 is 1.29 bits per heavy atom. The summed E-state index contributed by atoms with van der Waals surface area (Å²) < 4.78 is 35.7. The Balaban J connectivity index is 3.25. The zero-order chi connectivity index (χ0) is 11.0. The minimum atomic E-state index is -2.88. The van der Waals surface area contributed by atoms with Crippen LogP contribution >= 0.6 is 11.8 Å². The third-order valence-corrected chi connectivity index (χ3v) is 2.80. The van der Waals surface area contributed by atoms with Gasteiger partial charge in [-0.05, 0) is 19.3 Å². The van der Waals surface area contributed by atoms with Crippen LogP contribution in [0, 0.1) is 0 Å². The molecule has 0 aliphatic heterocycles. The highest BCUT2D eigenvalue weighted by molar-refractivity contribution is 8.13. The molecule has 0 amide bonds. The number of hydrogen-bond acceptors (Lipinski definition) is 2. The van der Waals surface area contributed by atoms with E-state index in [2.05, 4.69) is 0 Å². The van der Waals surface area contributed by atoms with Crippen LogP contribution < -0.4 is 0 Å². The van der Waals surface area contributed by atoms with E-state index < -0.39 is 12.6 Å². The molecule has 1 unspecified atom stereocenters. The Kier molecular flexibility index (Phi) is 8.04. The van der Waals surface area contributed by atoms with Crippen molar-refractivity contribution < 1.29 is 18.0 Å². The Bertz CT molecular complexity index is 164. The van der Waals surface area contributed by atoms with Gasteiger partial charge in [0.25, 0.3) is 6.43 Å². The molecule has 0 saturated heterocycles. The molecule has 0 aromatic heterocycles. The van der Waals surface area contributed by atoms with Crippen molar-refractivity contribution in [3.8, 4) is 0 Å². The molecular weight excluding hydrogens is 213 g/mol. The molecule has 1 nitrogen and oxygen atoms in total. The van der Waals surface area contributed by atoms with Gasteiger partial charge in [-0.25, -0.2) is 13.2 Å². The summed E-state index contributed by atoms with van der Waals surface area (Å²) in [7, 11) is 0. The van der Waals surface area contributed by atoms with E-state index in [0.717, 1.165) is 0 Å². The first kappa shape index (κ1) is 13.8. The lowest BCUT2D eigenvalue weighted by Crippen LogP contribution is -2.11. The first-order valence-corrected chi connectivity index (χ1v) is 5.64. The number of hydrogen-bond donors (Lipinski definition) is 0. The highest BCUT2D eigenvalue weighted by Gasteiger charge is 2.17. The molecule has 1 atom stereocenters. The SMILES string of the molecule is CCC(=O)SCCCCC(F)C(F)F. The molecule has 0 aliphatic carbocycles. The number of thioether (sulfide) groups is 1. The summed E-state index contributed by atoms with van der Waals surface area (Å²) in [6.07, 6.45) is -3.49. The molecule has 0 radical (unpaired) electrons. The summed E-state index contributed by atoms with van der Waals surface area (Å²) in [6.45, 7) is 1.77. The van der Waals surface area contributed by atoms with Crippen LogP contribution in [0.2, 0.25) is 0 Å². The number of halogens is 3. The number of carbonyl (C=O) groups excluding carboxylic acids is 1. The van der Waals surface area contributed by atoms with E-state index in [4.69, 9.17) is 0 Å². The lowest BCUT2D eigenvalue weighted by molar-refractivity contribution is -0.110. The van der Waals surface area contributed by atoms with Gasteiger partial charge in [-0.15, -0.1) is 0 Å². The van der Waals surface area contributed by atoms with Crippen molar-refractivity contribution in [1.82, 2.24) is 0 Å². The van der Waals surface area contributed by atoms with E-state index in [0.29, 0.717) is 25.0 Å². The zero-order valence-corrected chi connectivity index (χ0v) is 8.96. The second-order valence-electron chi connectivity index (χ2n) is 2.92. The van der Waals surface area contributed by atoms with E-state index in [1.165, 1.54) is 11.8 Å². The van der Waals surface area contributed by atoms with E-state index in [1.54, 1.807) is 6.92 Å². The predicted octanol–water partition coefficient (Wildman–Crippen LogP) is 3.43. The van der Waals surface area contributed by atoms with Gasteiger partial charge < -0.3 is 0 Å². The van der Waals surface area contributed by atoms with E-state index in [9.17, 15) is 18.0 Å². The van der Waals surface area contributed by atoms with Gasteiger partial charge in [0, 0.05) is 12.2 Å². The molecule has 0 aliphatic rings. The van der Waals surface area contributed by atoms with Crippen LogP contribution in [-0.2, 0) is 4.79 Å². The fourth-order valence-electron chi connectivity index (χ4n) is 0.855. The van der Waals surface area contributed by atoms with Crippen LogP contribution in [0.1, 0.15) is 32.6 Å². The molecule has 0 bridgehead atoms. The number of rotatable bonds is 7. The maximum absolute atomic E-state index is 12.4. The zero-order valence-electron chi connectivity index (χ0n) is 8.14. The Labute approximate surface area is 86.4 Å². The fourth-order valence-corrected chi connectivity index (χ4v) is 1.64. The highest BCUT2D eigenvalue weighted by Crippen LogP contribution is 2.15. The Hall–Kier alpha value is -0.190. The van der Waals surface area contributed by atoms with E-state index >= 15 is 0 Å². The second-order valence-corrected chi connectivity index (χ2v) is 4.07. The van der Waals surface area contributed by atoms with Crippen LogP contribution in [0.3, 0.4) is 0 Å². The van der Waals surface area contributed by atoms with Gasteiger partial charge >= 0.3 is 0 Å². The van der Waals surface area contributed by atoms with Gasteiger partial charge in [0.15, 0.2) is 11.3 Å². The van der Waals surface area contributed by atoms with Crippen molar-refractivity contribution in [3.63, 3.8) is 0 Å². The summed E-state index contributed by atoms with van der Waals surface area (Å²) >= 11 is 1.19. The largest absolute Gasteiger partial charge is 0.287 e. The van der Waals surface area contributed by atoms with Crippen molar-refractivity contribution in [3.05, 3.63) is 0 Å². The van der Waals surface area contributed by atoms with Crippen molar-refractivity contribution in [2.45, 2.75) is 45.2 Å². The van der Waals surface area contributed by atoms with Crippen molar-refractivity contribution >= 4 is 16.9 Å². The summed E-state index contributed by atoms with van der Waals surface area (Å²) in [4.78, 5) is 10.8. The topological polar surface area (TPSA) is 17.1 Å². The van der Waals surface area contributed by atoms with E-state index in [1.807, 2.05) is 0 Å². The quantitative estimate of drug-likeness (QED) is 0.621. The van der Waals surface area contributed by atoms with Gasteiger partial charge in [0.2, 0.25) is 0 Å². The van der Waals surface area contributed by atoms with Crippen molar-refractivity contribution in [2.75, 3.05) is 5.75 Å². The lowest BCUT2D eigenvalue weighted by atomic mass is 10.2. The smallest absolute Gasteiger partial charge is 0.269 e. The van der Waals surface area contributed by atoms with Crippen molar-refractivity contribution in [2.24, 2.45) is 0 Å². The van der Waals surface area contributed by atoms with Crippen molar-refractivity contribution in [1.29, 1.82) is 0 Å². The molecule has 0 rings (SSSR count). The molecule has 0 spiro atoms. The van der Waals surface area contributed by atoms with Crippen LogP contribution in [0.4, 0.5) is 13.2 Å². The first-order valence-electron chi connectivity index (χ1n) is 4.65. The number of alkyl halides is 3. The number of carbonyl (C=O) groups is 1. The Morgan fingerprint density at radius 2 is 1.93 bits per heavy atom. The minimum Gasteiger partial charge on any atom is -0.287 e. The third kappa shape index (κ3) is 7.24. The summed E-state index contributed by atoms with van der Waals surface area (Å²) in [5.74, 6) is 0.600. The normalized spacial score (nSPS) is 13.2. The molecule has 0 aromatic rings. The first-order chi connectivity index (χ1) is 6.57. The van der Waals surface area contributed by atoms with Crippen LogP contribution in [0.15, 0.2) is 0 Å². The summed E-state index contributed by atoms with van der Waals surface area (Å²) in [5.41, 5.74) is 0. The monoisotopic (exact) mass is 228 g/mol. The van der Waals surface area contributed by atoms with Crippen LogP contribution in [0.5, 0.6) is 0 Å². The Morgan fingerprint density at radius 3 is 2.43 bits per heavy atom. The van der Waals surface area contributed by atoms with Gasteiger partial charge in [-0.2, -0.15) is 0 Å². The molecule has 0 heterocycles. The number of unbranched alkanes of at least 4 members (excludes halogenated alkanes) is 1. The van der Waals surface area contributed by atoms with Crippen LogP contribution in [0.25, 0.3) is 0 Å². The van der Waals surface area contributed by atoms with Gasteiger partial charge in [0.05, 0.1) is 0 Å². The van der Waals surface area contributed by atoms with Gasteiger partial charge in [-0.3, -0.25) is 4.79 Å². The maximum atomic E-state index is 12.4.